The van der Waals surface area contributed by atoms with E-state index in [-0.39, 0.29) is 17.8 Å². The monoisotopic (exact) mass is 266 g/mol. The second-order valence-electron chi connectivity index (χ2n) is 3.70. The summed E-state index contributed by atoms with van der Waals surface area (Å²) in [6, 6.07) is 3.19. The zero-order chi connectivity index (χ0) is 14.4. The van der Waals surface area contributed by atoms with Crippen LogP contribution in [0.5, 0.6) is 5.75 Å². The maximum atomic E-state index is 11.0. The Balaban J connectivity index is 3.08. The van der Waals surface area contributed by atoms with Crippen LogP contribution in [0.4, 0.5) is 11.4 Å². The van der Waals surface area contributed by atoms with Crippen molar-refractivity contribution in [3.63, 3.8) is 0 Å². The van der Waals surface area contributed by atoms with Gasteiger partial charge in [0.05, 0.1) is 18.1 Å². The number of ether oxygens (including phenoxy) is 1. The second-order valence-corrected chi connectivity index (χ2v) is 3.70. The Bertz CT molecular complexity index is 501. The van der Waals surface area contributed by atoms with E-state index in [0.29, 0.717) is 5.75 Å². The molecular weight excluding hydrogens is 252 g/mol. The molecule has 0 bridgehead atoms. The van der Waals surface area contributed by atoms with Gasteiger partial charge in [0.25, 0.3) is 5.69 Å². The highest BCUT2D eigenvalue weighted by Crippen LogP contribution is 2.29. The van der Waals surface area contributed by atoms with E-state index in [1.807, 2.05) is 0 Å². The molecule has 1 aromatic carbocycles. The lowest BCUT2D eigenvalue weighted by molar-refractivity contribution is -0.384. The first kappa shape index (κ1) is 14.5. The molecule has 1 atom stereocenters. The average molecular weight is 266 g/mol. The van der Waals surface area contributed by atoms with Crippen molar-refractivity contribution in [1.29, 1.82) is 0 Å². The van der Waals surface area contributed by atoms with Crippen molar-refractivity contribution in [2.75, 3.05) is 12.4 Å². The number of hydrogen-bond donors (Lipinski definition) is 2. The molecule has 0 aromatic heterocycles. The molecule has 0 heterocycles. The number of benzene rings is 1. The lowest BCUT2D eigenvalue weighted by Gasteiger charge is -2.14. The van der Waals surface area contributed by atoms with Crippen molar-refractivity contribution < 1.29 is 19.6 Å². The lowest BCUT2D eigenvalue weighted by atomic mass is 10.1. The van der Waals surface area contributed by atoms with Crippen LogP contribution in [0.2, 0.25) is 0 Å². The molecule has 102 valence electrons. The summed E-state index contributed by atoms with van der Waals surface area (Å²) < 4.78 is 4.90. The number of rotatable bonds is 7. The highest BCUT2D eigenvalue weighted by molar-refractivity contribution is 5.79. The summed E-state index contributed by atoms with van der Waals surface area (Å²) in [5, 5.41) is 22.5. The number of nitro groups is 1. The van der Waals surface area contributed by atoms with Gasteiger partial charge in [0.2, 0.25) is 0 Å². The summed E-state index contributed by atoms with van der Waals surface area (Å²) in [5.41, 5.74) is -0.116. The van der Waals surface area contributed by atoms with Crippen molar-refractivity contribution in [3.05, 3.63) is 41.0 Å². The molecule has 0 aliphatic carbocycles. The van der Waals surface area contributed by atoms with E-state index in [4.69, 9.17) is 9.84 Å². The number of carboxylic acid groups (broad SMARTS) is 1. The molecule has 0 radical (unpaired) electrons. The summed E-state index contributed by atoms with van der Waals surface area (Å²) in [7, 11) is 1.39. The van der Waals surface area contributed by atoms with Gasteiger partial charge in [-0.3, -0.25) is 10.1 Å². The van der Waals surface area contributed by atoms with E-state index < -0.39 is 16.9 Å². The van der Waals surface area contributed by atoms with E-state index in [1.165, 1.54) is 31.4 Å². The number of anilines is 1. The molecule has 0 spiro atoms. The summed E-state index contributed by atoms with van der Waals surface area (Å²) in [4.78, 5) is 21.3. The molecule has 0 saturated carbocycles. The minimum absolute atomic E-state index is 0.125. The zero-order valence-corrected chi connectivity index (χ0v) is 10.3. The Morgan fingerprint density at radius 2 is 2.37 bits per heavy atom. The third-order valence-electron chi connectivity index (χ3n) is 2.43. The molecule has 0 saturated heterocycles. The molecule has 19 heavy (non-hydrogen) atoms. The Kier molecular flexibility index (Phi) is 4.87. The summed E-state index contributed by atoms with van der Waals surface area (Å²) in [6.45, 7) is 3.45. The maximum absolute atomic E-state index is 11.0. The molecule has 1 rings (SSSR count). The third kappa shape index (κ3) is 3.70. The van der Waals surface area contributed by atoms with Crippen LogP contribution in [0.3, 0.4) is 0 Å². The number of nitro benzene ring substituents is 1. The number of carboxylic acids is 1. The van der Waals surface area contributed by atoms with Crippen molar-refractivity contribution in [2.24, 2.45) is 0 Å². The Morgan fingerprint density at radius 3 is 2.84 bits per heavy atom. The first-order chi connectivity index (χ1) is 8.99. The highest BCUT2D eigenvalue weighted by atomic mass is 16.6. The largest absolute Gasteiger partial charge is 0.496 e. The van der Waals surface area contributed by atoms with Gasteiger partial charge in [0, 0.05) is 0 Å². The molecule has 2 N–H and O–H groups in total. The fourth-order valence-corrected chi connectivity index (χ4v) is 1.49. The Morgan fingerprint density at radius 1 is 1.68 bits per heavy atom. The van der Waals surface area contributed by atoms with Crippen LogP contribution in [-0.2, 0) is 4.79 Å². The number of hydrogen-bond acceptors (Lipinski definition) is 5. The molecule has 1 aromatic rings. The van der Waals surface area contributed by atoms with Crippen LogP contribution in [0.15, 0.2) is 30.9 Å². The van der Waals surface area contributed by atoms with Crippen LogP contribution in [0.25, 0.3) is 0 Å². The SMILES string of the molecule is C=CCC(Nc1ccc(OC)cc1[N+](=O)[O-])C(=O)O. The van der Waals surface area contributed by atoms with Gasteiger partial charge in [-0.2, -0.15) is 0 Å². The molecular formula is C12H14N2O5. The van der Waals surface area contributed by atoms with Gasteiger partial charge < -0.3 is 15.2 Å². The van der Waals surface area contributed by atoms with E-state index in [1.54, 1.807) is 0 Å². The fraction of sp³-hybridized carbons (Fsp3) is 0.250. The number of aliphatic carboxylic acids is 1. The summed E-state index contributed by atoms with van der Waals surface area (Å²) >= 11 is 0. The van der Waals surface area contributed by atoms with Crippen molar-refractivity contribution >= 4 is 17.3 Å². The predicted octanol–water partition coefficient (Wildman–Crippen LogP) is 2.04. The van der Waals surface area contributed by atoms with Gasteiger partial charge in [-0.1, -0.05) is 6.08 Å². The van der Waals surface area contributed by atoms with Gasteiger partial charge in [0.1, 0.15) is 17.5 Å². The zero-order valence-electron chi connectivity index (χ0n) is 10.3. The van der Waals surface area contributed by atoms with Crippen LogP contribution in [0.1, 0.15) is 6.42 Å². The van der Waals surface area contributed by atoms with Gasteiger partial charge in [-0.25, -0.2) is 4.79 Å². The maximum Gasteiger partial charge on any atom is 0.326 e. The van der Waals surface area contributed by atoms with E-state index in [0.717, 1.165) is 0 Å². The minimum Gasteiger partial charge on any atom is -0.496 e. The molecule has 0 amide bonds. The molecule has 0 aliphatic heterocycles. The van der Waals surface area contributed by atoms with E-state index in [2.05, 4.69) is 11.9 Å². The van der Waals surface area contributed by atoms with Gasteiger partial charge in [-0.05, 0) is 18.6 Å². The molecule has 1 unspecified atom stereocenters. The quantitative estimate of drug-likeness (QED) is 0.445. The Hall–Kier alpha value is -2.57. The first-order valence-electron chi connectivity index (χ1n) is 5.42. The molecule has 7 nitrogen and oxygen atoms in total. The minimum atomic E-state index is -1.11. The smallest absolute Gasteiger partial charge is 0.326 e. The highest BCUT2D eigenvalue weighted by Gasteiger charge is 2.21. The predicted molar refractivity (Wildman–Crippen MR) is 69.5 cm³/mol. The number of nitrogens with one attached hydrogen (secondary N) is 1. The second kappa shape index (κ2) is 6.39. The molecule has 0 aliphatic rings. The Labute approximate surface area is 109 Å². The van der Waals surface area contributed by atoms with Crippen LogP contribution in [-0.4, -0.2) is 29.2 Å². The number of methoxy groups -OCH3 is 1. The summed E-state index contributed by atoms with van der Waals surface area (Å²) in [6.07, 6.45) is 1.58. The molecule has 0 fully saturated rings. The lowest BCUT2D eigenvalue weighted by Crippen LogP contribution is -2.28. The number of nitrogens with zero attached hydrogens (tertiary/aromatic N) is 1. The van der Waals surface area contributed by atoms with Crippen LogP contribution in [0, 0.1) is 10.1 Å². The van der Waals surface area contributed by atoms with Crippen molar-refractivity contribution in [1.82, 2.24) is 0 Å². The van der Waals surface area contributed by atoms with Crippen molar-refractivity contribution in [3.8, 4) is 5.75 Å². The third-order valence-corrected chi connectivity index (χ3v) is 2.43. The van der Waals surface area contributed by atoms with Crippen molar-refractivity contribution in [2.45, 2.75) is 12.5 Å². The molecule has 7 heteroatoms. The van der Waals surface area contributed by atoms with Gasteiger partial charge in [0.15, 0.2) is 0 Å². The van der Waals surface area contributed by atoms with E-state index in [9.17, 15) is 14.9 Å². The summed E-state index contributed by atoms with van der Waals surface area (Å²) in [5.74, 6) is -0.780. The van der Waals surface area contributed by atoms with Gasteiger partial charge >= 0.3 is 5.97 Å². The fourth-order valence-electron chi connectivity index (χ4n) is 1.49. The average Bonchev–Trinajstić information content (AvgIpc) is 2.38. The van der Waals surface area contributed by atoms with Crippen LogP contribution < -0.4 is 10.1 Å². The first-order valence-corrected chi connectivity index (χ1v) is 5.42. The standard InChI is InChI=1S/C12H14N2O5/c1-3-4-10(12(15)16)13-9-6-5-8(19-2)7-11(9)14(17)18/h3,5-7,10,13H,1,4H2,2H3,(H,15,16). The van der Waals surface area contributed by atoms with Crippen LogP contribution >= 0.6 is 0 Å². The normalized spacial score (nSPS) is 11.4. The number of carbonyl (C=O) groups is 1. The van der Waals surface area contributed by atoms with Gasteiger partial charge in [-0.15, -0.1) is 6.58 Å². The van der Waals surface area contributed by atoms with E-state index >= 15 is 0 Å². The topological polar surface area (TPSA) is 102 Å².